The molecule has 0 heterocycles. The summed E-state index contributed by atoms with van der Waals surface area (Å²) >= 11 is 0. The van der Waals surface area contributed by atoms with Crippen molar-refractivity contribution in [2.45, 2.75) is 13.0 Å². The number of rotatable bonds is 5. The summed E-state index contributed by atoms with van der Waals surface area (Å²) in [4.78, 5) is 10.7. The largest absolute Gasteiger partial charge is 0.479 e. The Hall–Kier alpha value is -2.76. The Morgan fingerprint density at radius 2 is 1.81 bits per heavy atom. The van der Waals surface area contributed by atoms with Crippen molar-refractivity contribution in [1.82, 2.24) is 0 Å². The third-order valence-electron chi connectivity index (χ3n) is 2.67. The van der Waals surface area contributed by atoms with Gasteiger partial charge >= 0.3 is 5.97 Å². The average molecular weight is 291 g/mol. The van der Waals surface area contributed by atoms with Crippen LogP contribution in [-0.4, -0.2) is 17.2 Å². The van der Waals surface area contributed by atoms with E-state index in [1.54, 1.807) is 24.3 Å². The van der Waals surface area contributed by atoms with E-state index in [1.165, 1.54) is 25.1 Å². The Morgan fingerprint density at radius 1 is 1.19 bits per heavy atom. The fourth-order valence-electron chi connectivity index (χ4n) is 1.57. The normalized spacial score (nSPS) is 11.7. The minimum absolute atomic E-state index is 0.0526. The number of hydrogen-bond donors (Lipinski definition) is 2. The van der Waals surface area contributed by atoms with Gasteiger partial charge in [0, 0.05) is 11.8 Å². The van der Waals surface area contributed by atoms with Crippen molar-refractivity contribution in [1.29, 1.82) is 0 Å². The second kappa shape index (κ2) is 6.13. The maximum atomic E-state index is 13.6. The molecular formula is C15H14FNO4. The molecule has 1 atom stereocenters. The zero-order valence-corrected chi connectivity index (χ0v) is 11.2. The molecule has 0 radical (unpaired) electrons. The number of nitrogen functional groups attached to an aromatic ring is 1. The molecule has 6 heteroatoms. The van der Waals surface area contributed by atoms with Crippen LogP contribution >= 0.6 is 0 Å². The van der Waals surface area contributed by atoms with E-state index < -0.39 is 17.9 Å². The fourth-order valence-corrected chi connectivity index (χ4v) is 1.57. The summed E-state index contributed by atoms with van der Waals surface area (Å²) in [7, 11) is 0. The van der Waals surface area contributed by atoms with Crippen LogP contribution in [0.5, 0.6) is 17.2 Å². The van der Waals surface area contributed by atoms with Crippen LogP contribution in [0.1, 0.15) is 6.92 Å². The maximum Gasteiger partial charge on any atom is 0.344 e. The molecule has 2 rings (SSSR count). The van der Waals surface area contributed by atoms with Gasteiger partial charge in [0.1, 0.15) is 11.5 Å². The van der Waals surface area contributed by atoms with Crippen LogP contribution in [0.25, 0.3) is 0 Å². The van der Waals surface area contributed by atoms with Gasteiger partial charge in [0.25, 0.3) is 0 Å². The van der Waals surface area contributed by atoms with Gasteiger partial charge in [-0.05, 0) is 43.3 Å². The van der Waals surface area contributed by atoms with Crippen molar-refractivity contribution in [3.05, 3.63) is 48.3 Å². The zero-order chi connectivity index (χ0) is 15.4. The van der Waals surface area contributed by atoms with Gasteiger partial charge in [-0.3, -0.25) is 0 Å². The highest BCUT2D eigenvalue weighted by atomic mass is 19.1. The smallest absolute Gasteiger partial charge is 0.344 e. The van der Waals surface area contributed by atoms with E-state index in [2.05, 4.69) is 0 Å². The van der Waals surface area contributed by atoms with Gasteiger partial charge in [-0.25, -0.2) is 9.18 Å². The molecule has 0 saturated carbocycles. The van der Waals surface area contributed by atoms with Crippen LogP contribution in [0.2, 0.25) is 0 Å². The van der Waals surface area contributed by atoms with E-state index >= 15 is 0 Å². The highest BCUT2D eigenvalue weighted by Gasteiger charge is 2.12. The summed E-state index contributed by atoms with van der Waals surface area (Å²) in [5, 5.41) is 8.74. The van der Waals surface area contributed by atoms with Crippen molar-refractivity contribution in [3.63, 3.8) is 0 Å². The standard InChI is InChI=1S/C15H14FNO4/c1-9(15(18)19)20-11-3-5-12(6-4-11)21-14-7-2-10(17)8-13(14)16/h2-9H,17H2,1H3,(H,18,19)/t9-/m0/s1. The first kappa shape index (κ1) is 14.6. The summed E-state index contributed by atoms with van der Waals surface area (Å²) in [6, 6.07) is 10.3. The van der Waals surface area contributed by atoms with Gasteiger partial charge in [0.15, 0.2) is 17.7 Å². The molecule has 0 fully saturated rings. The van der Waals surface area contributed by atoms with E-state index in [0.29, 0.717) is 17.2 Å². The molecule has 0 aliphatic carbocycles. The van der Waals surface area contributed by atoms with E-state index in [4.69, 9.17) is 20.3 Å². The Morgan fingerprint density at radius 3 is 2.38 bits per heavy atom. The number of carboxylic acid groups (broad SMARTS) is 1. The molecule has 0 amide bonds. The lowest BCUT2D eigenvalue weighted by Gasteiger charge is -2.11. The van der Waals surface area contributed by atoms with Gasteiger partial charge in [-0.2, -0.15) is 0 Å². The predicted molar refractivity (Wildman–Crippen MR) is 75.1 cm³/mol. The fraction of sp³-hybridized carbons (Fsp3) is 0.133. The van der Waals surface area contributed by atoms with E-state index in [9.17, 15) is 9.18 Å². The monoisotopic (exact) mass is 291 g/mol. The molecule has 0 aliphatic heterocycles. The molecule has 5 nitrogen and oxygen atoms in total. The molecule has 2 aromatic carbocycles. The number of carboxylic acids is 1. The Kier molecular flexibility index (Phi) is 4.27. The second-order valence-corrected chi connectivity index (χ2v) is 4.36. The SMILES string of the molecule is C[C@H](Oc1ccc(Oc2ccc(N)cc2F)cc1)C(=O)O. The number of ether oxygens (including phenoxy) is 2. The summed E-state index contributed by atoms with van der Waals surface area (Å²) < 4.78 is 24.1. The van der Waals surface area contributed by atoms with Crippen LogP contribution in [-0.2, 0) is 4.79 Å². The number of hydrogen-bond acceptors (Lipinski definition) is 4. The number of benzene rings is 2. The number of nitrogens with two attached hydrogens (primary N) is 1. The molecule has 3 N–H and O–H groups in total. The van der Waals surface area contributed by atoms with E-state index in [0.717, 1.165) is 0 Å². The predicted octanol–water partition coefficient (Wildman–Crippen LogP) is 3.05. The number of halogens is 1. The van der Waals surface area contributed by atoms with Crippen LogP contribution < -0.4 is 15.2 Å². The Bertz CT molecular complexity index is 643. The number of anilines is 1. The summed E-state index contributed by atoms with van der Waals surface area (Å²) in [5.41, 5.74) is 5.76. The molecule has 2 aromatic rings. The maximum absolute atomic E-state index is 13.6. The van der Waals surface area contributed by atoms with Crippen molar-refractivity contribution >= 4 is 11.7 Å². The topological polar surface area (TPSA) is 81.8 Å². The summed E-state index contributed by atoms with van der Waals surface area (Å²) in [5.74, 6) is -0.783. The van der Waals surface area contributed by atoms with Crippen LogP contribution in [0.15, 0.2) is 42.5 Å². The minimum atomic E-state index is -1.06. The summed E-state index contributed by atoms with van der Waals surface area (Å²) in [6.45, 7) is 1.43. The number of aliphatic carboxylic acids is 1. The highest BCUT2D eigenvalue weighted by Crippen LogP contribution is 2.27. The first-order valence-electron chi connectivity index (χ1n) is 6.18. The Labute approximate surface area is 120 Å². The molecule has 0 aromatic heterocycles. The van der Waals surface area contributed by atoms with Crippen molar-refractivity contribution in [2.75, 3.05) is 5.73 Å². The van der Waals surface area contributed by atoms with Gasteiger partial charge in [0.2, 0.25) is 0 Å². The first-order valence-corrected chi connectivity index (χ1v) is 6.18. The number of carbonyl (C=O) groups is 1. The molecule has 21 heavy (non-hydrogen) atoms. The van der Waals surface area contributed by atoms with Crippen molar-refractivity contribution in [3.8, 4) is 17.2 Å². The zero-order valence-electron chi connectivity index (χ0n) is 11.2. The molecule has 0 saturated heterocycles. The molecular weight excluding hydrogens is 277 g/mol. The molecule has 0 aliphatic rings. The second-order valence-electron chi connectivity index (χ2n) is 4.36. The average Bonchev–Trinajstić information content (AvgIpc) is 2.43. The van der Waals surface area contributed by atoms with Crippen LogP contribution in [0.4, 0.5) is 10.1 Å². The third-order valence-corrected chi connectivity index (χ3v) is 2.67. The lowest BCUT2D eigenvalue weighted by atomic mass is 10.3. The molecule has 0 unspecified atom stereocenters. The first-order chi connectivity index (χ1) is 9.95. The quantitative estimate of drug-likeness (QED) is 0.827. The van der Waals surface area contributed by atoms with Gasteiger partial charge < -0.3 is 20.3 Å². The lowest BCUT2D eigenvalue weighted by Crippen LogP contribution is -2.22. The Balaban J connectivity index is 2.07. The summed E-state index contributed by atoms with van der Waals surface area (Å²) in [6.07, 6.45) is -0.952. The third kappa shape index (κ3) is 3.85. The molecule has 0 bridgehead atoms. The van der Waals surface area contributed by atoms with Crippen molar-refractivity contribution < 1.29 is 23.8 Å². The van der Waals surface area contributed by atoms with Crippen molar-refractivity contribution in [2.24, 2.45) is 0 Å². The van der Waals surface area contributed by atoms with Gasteiger partial charge in [-0.15, -0.1) is 0 Å². The van der Waals surface area contributed by atoms with Crippen LogP contribution in [0, 0.1) is 5.82 Å². The minimum Gasteiger partial charge on any atom is -0.479 e. The van der Waals surface area contributed by atoms with Gasteiger partial charge in [-0.1, -0.05) is 0 Å². The van der Waals surface area contributed by atoms with Gasteiger partial charge in [0.05, 0.1) is 0 Å². The molecule has 110 valence electrons. The highest BCUT2D eigenvalue weighted by molar-refractivity contribution is 5.72. The van der Waals surface area contributed by atoms with Crippen LogP contribution in [0.3, 0.4) is 0 Å². The lowest BCUT2D eigenvalue weighted by molar-refractivity contribution is -0.144. The molecule has 0 spiro atoms. The van der Waals surface area contributed by atoms with E-state index in [1.807, 2.05) is 0 Å². The van der Waals surface area contributed by atoms with E-state index in [-0.39, 0.29) is 5.75 Å².